The van der Waals surface area contributed by atoms with E-state index >= 15 is 0 Å². The topological polar surface area (TPSA) is 95.2 Å². The maximum atomic E-state index is 13.0. The Kier molecular flexibility index (Phi) is 4.10. The lowest BCUT2D eigenvalue weighted by Gasteiger charge is -2.05. The summed E-state index contributed by atoms with van der Waals surface area (Å²) >= 11 is 5.79. The van der Waals surface area contributed by atoms with Gasteiger partial charge < -0.3 is 5.11 Å². The largest absolute Gasteiger partial charge is 0.480 e. The van der Waals surface area contributed by atoms with E-state index in [2.05, 4.69) is 0 Å². The van der Waals surface area contributed by atoms with Gasteiger partial charge in [-0.3, -0.25) is 4.79 Å². The smallest absolute Gasteiger partial charge is 0.326 e. The monoisotopic (exact) mass is 375 g/mol. The Morgan fingerprint density at radius 1 is 1.16 bits per heavy atom. The third-order valence-corrected chi connectivity index (χ3v) is 7.08. The number of nitrogens with zero attached hydrogens (tertiary/aromatic N) is 1. The minimum absolute atomic E-state index is 0.0441. The van der Waals surface area contributed by atoms with Crippen molar-refractivity contribution in [1.82, 2.24) is 0 Å². The number of carbonyl (C=O) groups is 1. The Balaban J connectivity index is 2.12. The molecule has 0 heterocycles. The van der Waals surface area contributed by atoms with Crippen molar-refractivity contribution in [3.8, 4) is 6.07 Å². The molecule has 0 bridgehead atoms. The minimum atomic E-state index is -4.02. The molecule has 3 atom stereocenters. The summed E-state index contributed by atoms with van der Waals surface area (Å²) in [4.78, 5) is 11.8. The standard InChI is InChI=1S/C18H14ClNO4S/c1-11-2-4-12(5-3-11)15-16(18(15,10-20)17(21)22)25(23,24)14-8-6-13(19)7-9-14/h2-9,15-16H,1H3,(H,21,22)/t15-,16-,18-/m1/s1. The van der Waals surface area contributed by atoms with Gasteiger partial charge in [0, 0.05) is 10.9 Å². The number of halogens is 1. The second-order valence-corrected chi connectivity index (χ2v) is 8.60. The zero-order chi connectivity index (χ0) is 18.4. The summed E-state index contributed by atoms with van der Waals surface area (Å²) in [5.74, 6) is -2.35. The van der Waals surface area contributed by atoms with Crippen LogP contribution in [0, 0.1) is 23.7 Å². The van der Waals surface area contributed by atoms with Crippen molar-refractivity contribution in [2.75, 3.05) is 0 Å². The van der Waals surface area contributed by atoms with Crippen LogP contribution in [0.15, 0.2) is 53.4 Å². The van der Waals surface area contributed by atoms with Crippen molar-refractivity contribution in [2.24, 2.45) is 5.41 Å². The first-order chi connectivity index (χ1) is 11.7. The first kappa shape index (κ1) is 17.5. The molecule has 1 saturated carbocycles. The number of hydrogen-bond acceptors (Lipinski definition) is 4. The second kappa shape index (κ2) is 5.87. The van der Waals surface area contributed by atoms with Gasteiger partial charge >= 0.3 is 5.97 Å². The number of nitriles is 1. The van der Waals surface area contributed by atoms with E-state index in [1.807, 2.05) is 6.92 Å². The van der Waals surface area contributed by atoms with E-state index in [9.17, 15) is 23.6 Å². The fourth-order valence-corrected chi connectivity index (χ4v) is 5.57. The molecule has 25 heavy (non-hydrogen) atoms. The Hall–Kier alpha value is -2.36. The van der Waals surface area contributed by atoms with Crippen LogP contribution < -0.4 is 0 Å². The van der Waals surface area contributed by atoms with Crippen LogP contribution in [0.2, 0.25) is 5.02 Å². The molecule has 0 aromatic heterocycles. The van der Waals surface area contributed by atoms with Crippen LogP contribution in [0.3, 0.4) is 0 Å². The van der Waals surface area contributed by atoms with Crippen molar-refractivity contribution < 1.29 is 18.3 Å². The third kappa shape index (κ3) is 2.60. The Morgan fingerprint density at radius 3 is 2.20 bits per heavy atom. The van der Waals surface area contributed by atoms with Gasteiger partial charge in [0.1, 0.15) is 5.25 Å². The summed E-state index contributed by atoms with van der Waals surface area (Å²) in [5, 5.41) is 18.2. The molecule has 3 rings (SSSR count). The van der Waals surface area contributed by atoms with Gasteiger partial charge in [-0.25, -0.2) is 8.42 Å². The molecule has 0 aliphatic heterocycles. The Labute approximate surface area is 150 Å². The molecule has 0 spiro atoms. The summed E-state index contributed by atoms with van der Waals surface area (Å²) in [7, 11) is -4.02. The average molecular weight is 376 g/mol. The summed E-state index contributed by atoms with van der Waals surface area (Å²) in [5.41, 5.74) is -0.509. The molecular formula is C18H14ClNO4S. The van der Waals surface area contributed by atoms with Gasteiger partial charge in [0.2, 0.25) is 0 Å². The zero-order valence-corrected chi connectivity index (χ0v) is 14.8. The number of carboxylic acid groups (broad SMARTS) is 1. The highest BCUT2D eigenvalue weighted by Crippen LogP contribution is 2.64. The van der Waals surface area contributed by atoms with E-state index in [1.54, 1.807) is 30.3 Å². The fraction of sp³-hybridized carbons (Fsp3) is 0.222. The van der Waals surface area contributed by atoms with Gasteiger partial charge in [-0.05, 0) is 36.8 Å². The van der Waals surface area contributed by atoms with Crippen molar-refractivity contribution in [2.45, 2.75) is 23.0 Å². The van der Waals surface area contributed by atoms with E-state index in [0.29, 0.717) is 10.6 Å². The van der Waals surface area contributed by atoms with Crippen molar-refractivity contribution in [3.63, 3.8) is 0 Å². The van der Waals surface area contributed by atoms with E-state index in [-0.39, 0.29) is 4.90 Å². The summed E-state index contributed by atoms with van der Waals surface area (Å²) in [6.07, 6.45) is 0. The highest BCUT2D eigenvalue weighted by atomic mass is 35.5. The molecule has 1 fully saturated rings. The molecule has 2 aromatic rings. The van der Waals surface area contributed by atoms with Gasteiger partial charge in [-0.15, -0.1) is 0 Å². The normalized spacial score (nSPS) is 25.2. The van der Waals surface area contributed by atoms with Crippen LogP contribution in [0.1, 0.15) is 17.0 Å². The predicted octanol–water partition coefficient (Wildman–Crippen LogP) is 3.18. The molecule has 1 aliphatic carbocycles. The van der Waals surface area contributed by atoms with E-state index < -0.39 is 32.4 Å². The lowest BCUT2D eigenvalue weighted by atomic mass is 10.00. The molecule has 0 unspecified atom stereocenters. The maximum Gasteiger partial charge on any atom is 0.326 e. The first-order valence-electron chi connectivity index (χ1n) is 7.46. The van der Waals surface area contributed by atoms with Crippen LogP contribution in [-0.4, -0.2) is 24.7 Å². The Morgan fingerprint density at radius 2 is 1.72 bits per heavy atom. The molecule has 1 N–H and O–H groups in total. The molecule has 0 saturated heterocycles. The highest BCUT2D eigenvalue weighted by molar-refractivity contribution is 7.92. The first-order valence-corrected chi connectivity index (χ1v) is 9.38. The number of hydrogen-bond donors (Lipinski definition) is 1. The lowest BCUT2D eigenvalue weighted by Crippen LogP contribution is -2.22. The predicted molar refractivity (Wildman–Crippen MR) is 92.0 cm³/mol. The van der Waals surface area contributed by atoms with Gasteiger partial charge in [-0.2, -0.15) is 5.26 Å². The Bertz CT molecular complexity index is 977. The number of aryl methyl sites for hydroxylation is 1. The molecule has 7 heteroatoms. The molecule has 0 radical (unpaired) electrons. The summed E-state index contributed by atoms with van der Waals surface area (Å²) < 4.78 is 26.0. The fourth-order valence-electron chi connectivity index (χ4n) is 3.20. The number of sulfone groups is 1. The van der Waals surface area contributed by atoms with Crippen molar-refractivity contribution >= 4 is 27.4 Å². The van der Waals surface area contributed by atoms with Gasteiger partial charge in [0.15, 0.2) is 15.3 Å². The molecule has 1 aliphatic rings. The van der Waals surface area contributed by atoms with E-state index in [0.717, 1.165) is 5.56 Å². The maximum absolute atomic E-state index is 13.0. The minimum Gasteiger partial charge on any atom is -0.480 e. The number of carboxylic acids is 1. The van der Waals surface area contributed by atoms with Crippen LogP contribution in [0.5, 0.6) is 0 Å². The number of benzene rings is 2. The molecule has 0 amide bonds. The van der Waals surface area contributed by atoms with Crippen LogP contribution in [0.25, 0.3) is 0 Å². The molecule has 128 valence electrons. The third-order valence-electron chi connectivity index (χ3n) is 4.58. The average Bonchev–Trinajstić information content (AvgIpc) is 3.27. The number of rotatable bonds is 4. The van der Waals surface area contributed by atoms with Gasteiger partial charge in [0.05, 0.1) is 11.0 Å². The zero-order valence-electron chi connectivity index (χ0n) is 13.2. The lowest BCUT2D eigenvalue weighted by molar-refractivity contribution is -0.141. The number of aliphatic carboxylic acids is 1. The van der Waals surface area contributed by atoms with E-state index in [1.165, 1.54) is 24.3 Å². The second-order valence-electron chi connectivity index (χ2n) is 6.09. The van der Waals surface area contributed by atoms with Crippen LogP contribution in [0.4, 0.5) is 0 Å². The van der Waals surface area contributed by atoms with Crippen molar-refractivity contribution in [3.05, 3.63) is 64.7 Å². The summed E-state index contributed by atoms with van der Waals surface area (Å²) in [6, 6.07) is 14.1. The molecular weight excluding hydrogens is 362 g/mol. The SMILES string of the molecule is Cc1ccc([C@@H]2[C@@H](S(=O)(=O)c3ccc(Cl)cc3)[C@]2(C#N)C(=O)O)cc1. The van der Waals surface area contributed by atoms with Gasteiger partial charge in [-0.1, -0.05) is 41.4 Å². The van der Waals surface area contributed by atoms with E-state index in [4.69, 9.17) is 11.6 Å². The quantitative estimate of drug-likeness (QED) is 0.885. The van der Waals surface area contributed by atoms with Crippen LogP contribution in [-0.2, 0) is 14.6 Å². The molecule has 5 nitrogen and oxygen atoms in total. The molecule has 2 aromatic carbocycles. The highest BCUT2D eigenvalue weighted by Gasteiger charge is 2.77. The summed E-state index contributed by atoms with van der Waals surface area (Å²) in [6.45, 7) is 1.87. The van der Waals surface area contributed by atoms with Gasteiger partial charge in [0.25, 0.3) is 0 Å². The van der Waals surface area contributed by atoms with Crippen LogP contribution >= 0.6 is 11.6 Å². The van der Waals surface area contributed by atoms with Crippen molar-refractivity contribution in [1.29, 1.82) is 5.26 Å².